The minimum atomic E-state index is -0.524. The van der Waals surface area contributed by atoms with Crippen molar-refractivity contribution in [3.05, 3.63) is 12.2 Å². The lowest BCUT2D eigenvalue weighted by Crippen LogP contribution is -2.30. The molecule has 0 aromatic rings. The van der Waals surface area contributed by atoms with Gasteiger partial charge in [0.1, 0.15) is 12.2 Å². The third-order valence-electron chi connectivity index (χ3n) is 2.34. The van der Waals surface area contributed by atoms with Gasteiger partial charge < -0.3 is 9.47 Å². The molecule has 13 heavy (non-hydrogen) atoms. The third-order valence-corrected chi connectivity index (χ3v) is 2.34. The molecule has 1 heterocycles. The summed E-state index contributed by atoms with van der Waals surface area (Å²) in [7, 11) is 0. The maximum Gasteiger partial charge on any atom is 0.164 e. The van der Waals surface area contributed by atoms with Gasteiger partial charge in [0, 0.05) is 6.42 Å². The van der Waals surface area contributed by atoms with Crippen LogP contribution in [0.25, 0.3) is 0 Å². The molecular formula is C9H14O4. The van der Waals surface area contributed by atoms with E-state index in [1.54, 1.807) is 6.08 Å². The zero-order valence-electron chi connectivity index (χ0n) is 7.77. The van der Waals surface area contributed by atoms with Crippen LogP contribution in [0.2, 0.25) is 0 Å². The Hall–Kier alpha value is -0.420. The SMILES string of the molecule is CC1(C)O[C@H]2C=C[C@H](OO)C[C@H]2O1. The van der Waals surface area contributed by atoms with Gasteiger partial charge in [-0.2, -0.15) is 0 Å². The summed E-state index contributed by atoms with van der Waals surface area (Å²) >= 11 is 0. The molecule has 0 saturated carbocycles. The van der Waals surface area contributed by atoms with Crippen molar-refractivity contribution in [2.24, 2.45) is 0 Å². The molecule has 0 aromatic heterocycles. The largest absolute Gasteiger partial charge is 0.344 e. The minimum absolute atomic E-state index is 0.00130. The van der Waals surface area contributed by atoms with E-state index in [0.717, 1.165) is 0 Å². The van der Waals surface area contributed by atoms with Crippen LogP contribution in [-0.4, -0.2) is 29.4 Å². The number of hydrogen-bond donors (Lipinski definition) is 1. The van der Waals surface area contributed by atoms with Crippen molar-refractivity contribution in [1.82, 2.24) is 0 Å². The number of fused-ring (bicyclic) bond motifs is 1. The van der Waals surface area contributed by atoms with E-state index in [9.17, 15) is 0 Å². The molecule has 4 nitrogen and oxygen atoms in total. The number of hydrogen-bond acceptors (Lipinski definition) is 4. The van der Waals surface area contributed by atoms with E-state index in [1.165, 1.54) is 0 Å². The van der Waals surface area contributed by atoms with E-state index in [2.05, 4.69) is 4.89 Å². The Balaban J connectivity index is 2.07. The lowest BCUT2D eigenvalue weighted by Gasteiger charge is -2.21. The second kappa shape index (κ2) is 3.06. The van der Waals surface area contributed by atoms with Crippen LogP contribution in [0.15, 0.2) is 12.2 Å². The van der Waals surface area contributed by atoms with E-state index < -0.39 is 5.79 Å². The fourth-order valence-electron chi connectivity index (χ4n) is 1.83. The van der Waals surface area contributed by atoms with Gasteiger partial charge in [0.2, 0.25) is 0 Å². The summed E-state index contributed by atoms with van der Waals surface area (Å²) in [6.45, 7) is 3.77. The smallest absolute Gasteiger partial charge is 0.164 e. The Morgan fingerprint density at radius 3 is 2.85 bits per heavy atom. The Bertz CT molecular complexity index is 224. The minimum Gasteiger partial charge on any atom is -0.344 e. The lowest BCUT2D eigenvalue weighted by atomic mass is 10.00. The molecule has 1 aliphatic carbocycles. The normalized spacial score (nSPS) is 41.9. The zero-order valence-corrected chi connectivity index (χ0v) is 7.77. The van der Waals surface area contributed by atoms with Crippen molar-refractivity contribution in [3.8, 4) is 0 Å². The second-order valence-corrected chi connectivity index (χ2v) is 3.90. The monoisotopic (exact) mass is 186 g/mol. The van der Waals surface area contributed by atoms with Gasteiger partial charge in [-0.3, -0.25) is 5.26 Å². The molecule has 3 atom stereocenters. The molecule has 2 aliphatic rings. The Morgan fingerprint density at radius 2 is 2.15 bits per heavy atom. The maximum atomic E-state index is 8.49. The van der Waals surface area contributed by atoms with E-state index >= 15 is 0 Å². The van der Waals surface area contributed by atoms with Gasteiger partial charge in [0.25, 0.3) is 0 Å². The van der Waals surface area contributed by atoms with Crippen LogP contribution in [0.4, 0.5) is 0 Å². The molecule has 0 spiro atoms. The fraction of sp³-hybridized carbons (Fsp3) is 0.778. The maximum absolute atomic E-state index is 8.49. The van der Waals surface area contributed by atoms with Crippen molar-refractivity contribution in [1.29, 1.82) is 0 Å². The predicted octanol–water partition coefficient (Wildman–Crippen LogP) is 1.32. The van der Waals surface area contributed by atoms with E-state index in [-0.39, 0.29) is 18.3 Å². The first-order valence-electron chi connectivity index (χ1n) is 4.45. The first-order valence-corrected chi connectivity index (χ1v) is 4.45. The average molecular weight is 186 g/mol. The molecule has 1 N–H and O–H groups in total. The van der Waals surface area contributed by atoms with Crippen molar-refractivity contribution in [2.75, 3.05) is 0 Å². The van der Waals surface area contributed by atoms with Crippen molar-refractivity contribution in [2.45, 2.75) is 44.4 Å². The Morgan fingerprint density at radius 1 is 1.38 bits per heavy atom. The van der Waals surface area contributed by atoms with Crippen LogP contribution < -0.4 is 0 Å². The summed E-state index contributed by atoms with van der Waals surface area (Å²) in [6.07, 6.45) is 4.05. The molecule has 1 aliphatic heterocycles. The van der Waals surface area contributed by atoms with Crippen LogP contribution >= 0.6 is 0 Å². The summed E-state index contributed by atoms with van der Waals surface area (Å²) in [4.78, 5) is 4.25. The summed E-state index contributed by atoms with van der Waals surface area (Å²) in [6, 6.07) is 0. The molecule has 0 radical (unpaired) electrons. The van der Waals surface area contributed by atoms with Crippen LogP contribution in [0.5, 0.6) is 0 Å². The van der Waals surface area contributed by atoms with Gasteiger partial charge in [0.05, 0.1) is 6.10 Å². The van der Waals surface area contributed by atoms with Gasteiger partial charge >= 0.3 is 0 Å². The molecule has 1 saturated heterocycles. The van der Waals surface area contributed by atoms with Gasteiger partial charge in [-0.25, -0.2) is 4.89 Å². The van der Waals surface area contributed by atoms with E-state index in [4.69, 9.17) is 14.7 Å². The topological polar surface area (TPSA) is 47.9 Å². The quantitative estimate of drug-likeness (QED) is 0.381. The Kier molecular flexibility index (Phi) is 2.15. The highest BCUT2D eigenvalue weighted by molar-refractivity contribution is 5.07. The van der Waals surface area contributed by atoms with E-state index in [1.807, 2.05) is 19.9 Å². The van der Waals surface area contributed by atoms with Gasteiger partial charge in [0.15, 0.2) is 5.79 Å². The van der Waals surface area contributed by atoms with Gasteiger partial charge in [-0.15, -0.1) is 0 Å². The van der Waals surface area contributed by atoms with Crippen LogP contribution in [0, 0.1) is 0 Å². The summed E-state index contributed by atoms with van der Waals surface area (Å²) in [5.74, 6) is -0.524. The fourth-order valence-corrected chi connectivity index (χ4v) is 1.83. The molecule has 74 valence electrons. The van der Waals surface area contributed by atoms with Crippen molar-refractivity contribution < 1.29 is 19.6 Å². The zero-order chi connectivity index (χ0) is 9.47. The van der Waals surface area contributed by atoms with Crippen LogP contribution in [0.1, 0.15) is 20.3 Å². The van der Waals surface area contributed by atoms with Crippen molar-refractivity contribution in [3.63, 3.8) is 0 Å². The average Bonchev–Trinajstić information content (AvgIpc) is 2.36. The van der Waals surface area contributed by atoms with Gasteiger partial charge in [-0.05, 0) is 13.8 Å². The predicted molar refractivity (Wildman–Crippen MR) is 45.1 cm³/mol. The number of rotatable bonds is 1. The highest BCUT2D eigenvalue weighted by Gasteiger charge is 2.42. The standard InChI is InChI=1S/C9H14O4/c1-9(2)11-7-4-3-6(13-10)5-8(7)12-9/h3-4,6-8,10H,5H2,1-2H3/t6-,7-,8+/m0/s1. The first-order chi connectivity index (χ1) is 6.11. The highest BCUT2D eigenvalue weighted by atomic mass is 17.1. The Labute approximate surface area is 77.0 Å². The van der Waals surface area contributed by atoms with Crippen molar-refractivity contribution >= 4 is 0 Å². The third kappa shape index (κ3) is 1.76. The molecule has 1 fully saturated rings. The molecule has 4 heteroatoms. The molecule has 0 aromatic carbocycles. The summed E-state index contributed by atoms with van der Waals surface area (Å²) in [5.41, 5.74) is 0. The molecule has 0 bridgehead atoms. The second-order valence-electron chi connectivity index (χ2n) is 3.90. The molecule has 0 amide bonds. The van der Waals surface area contributed by atoms with Crippen LogP contribution in [0.3, 0.4) is 0 Å². The molecular weight excluding hydrogens is 172 g/mol. The van der Waals surface area contributed by atoms with Crippen LogP contribution in [-0.2, 0) is 14.4 Å². The summed E-state index contributed by atoms with van der Waals surface area (Å²) in [5, 5.41) is 8.49. The molecule has 0 unspecified atom stereocenters. The highest BCUT2D eigenvalue weighted by Crippen LogP contribution is 2.34. The summed E-state index contributed by atoms with van der Waals surface area (Å²) < 4.78 is 11.2. The molecule has 2 rings (SSSR count). The van der Waals surface area contributed by atoms with E-state index in [0.29, 0.717) is 6.42 Å². The van der Waals surface area contributed by atoms with Gasteiger partial charge in [-0.1, -0.05) is 12.2 Å². The first kappa shape index (κ1) is 9.15. The number of ether oxygens (including phenoxy) is 2. The lowest BCUT2D eigenvalue weighted by molar-refractivity contribution is -0.272.